The molecular weight excluding hydrogens is 460 g/mol. The number of carbonyl (C=O) groups is 2. The molecule has 8 heteroatoms. The maximum atomic E-state index is 13.5. The molecule has 0 spiro atoms. The molecule has 0 unspecified atom stereocenters. The number of amides is 1. The summed E-state index contributed by atoms with van der Waals surface area (Å²) in [5.41, 5.74) is 1.96. The third-order valence-electron chi connectivity index (χ3n) is 5.97. The highest BCUT2D eigenvalue weighted by Gasteiger charge is 2.22. The Morgan fingerprint density at radius 1 is 1.00 bits per heavy atom. The van der Waals surface area contributed by atoms with Crippen LogP contribution in [-0.4, -0.2) is 36.6 Å². The van der Waals surface area contributed by atoms with Gasteiger partial charge in [-0.05, 0) is 25.1 Å². The Bertz CT molecular complexity index is 1540. The fraction of sp³-hybridized carbons (Fsp3) is 0.179. The number of ketones is 1. The lowest BCUT2D eigenvalue weighted by Crippen LogP contribution is -2.25. The fourth-order valence-corrected chi connectivity index (χ4v) is 4.14. The number of aryl methyl sites for hydroxylation is 1. The molecule has 1 aliphatic rings. The van der Waals surface area contributed by atoms with E-state index in [2.05, 4.69) is 5.32 Å². The van der Waals surface area contributed by atoms with E-state index in [1.165, 1.54) is 6.20 Å². The largest absolute Gasteiger partial charge is 0.497 e. The van der Waals surface area contributed by atoms with Crippen LogP contribution in [0.5, 0.6) is 17.2 Å². The van der Waals surface area contributed by atoms with Crippen LogP contribution in [0.4, 0.5) is 5.69 Å². The van der Waals surface area contributed by atoms with Gasteiger partial charge in [-0.1, -0.05) is 35.9 Å². The number of aromatic nitrogens is 1. The molecule has 182 valence electrons. The molecule has 1 aromatic heterocycles. The van der Waals surface area contributed by atoms with Gasteiger partial charge >= 0.3 is 0 Å². The molecule has 1 amide bonds. The molecule has 0 atom stereocenters. The van der Waals surface area contributed by atoms with E-state index in [1.54, 1.807) is 60.2 Å². The van der Waals surface area contributed by atoms with Crippen molar-refractivity contribution in [1.29, 1.82) is 0 Å². The first kappa shape index (κ1) is 23.2. The second kappa shape index (κ2) is 9.58. The topological polar surface area (TPSA) is 95.9 Å². The number of anilines is 1. The van der Waals surface area contributed by atoms with Gasteiger partial charge in [-0.2, -0.15) is 0 Å². The Kier molecular flexibility index (Phi) is 6.16. The van der Waals surface area contributed by atoms with Crippen molar-refractivity contribution in [2.45, 2.75) is 13.5 Å². The molecule has 0 bridgehead atoms. The molecule has 3 aromatic carbocycles. The number of nitrogens with one attached hydrogen (secondary N) is 1. The predicted molar refractivity (Wildman–Crippen MR) is 135 cm³/mol. The van der Waals surface area contributed by atoms with Crippen LogP contribution >= 0.6 is 0 Å². The summed E-state index contributed by atoms with van der Waals surface area (Å²) in [6.07, 6.45) is 1.44. The van der Waals surface area contributed by atoms with Crippen LogP contribution in [0.25, 0.3) is 10.9 Å². The highest BCUT2D eigenvalue weighted by Crippen LogP contribution is 2.34. The zero-order valence-electron chi connectivity index (χ0n) is 19.9. The SMILES string of the molecule is COc1cccc(NC(=O)Cn2cc(C(=O)c3ccc(C)cc3)c(=O)c3cc4c(cc32)OCCO4)c1. The van der Waals surface area contributed by atoms with Gasteiger partial charge in [0.15, 0.2) is 17.3 Å². The number of hydrogen-bond acceptors (Lipinski definition) is 6. The van der Waals surface area contributed by atoms with Crippen molar-refractivity contribution in [3.05, 3.63) is 93.8 Å². The van der Waals surface area contributed by atoms with Crippen LogP contribution in [-0.2, 0) is 11.3 Å². The lowest BCUT2D eigenvalue weighted by atomic mass is 10.0. The first-order chi connectivity index (χ1) is 17.4. The zero-order valence-corrected chi connectivity index (χ0v) is 19.9. The third kappa shape index (κ3) is 4.53. The van der Waals surface area contributed by atoms with E-state index < -0.39 is 11.2 Å². The molecule has 1 aliphatic heterocycles. The summed E-state index contributed by atoms with van der Waals surface area (Å²) >= 11 is 0. The van der Waals surface area contributed by atoms with Crippen molar-refractivity contribution in [1.82, 2.24) is 4.57 Å². The monoisotopic (exact) mass is 484 g/mol. The summed E-state index contributed by atoms with van der Waals surface area (Å²) in [5, 5.41) is 3.10. The second-order valence-corrected chi connectivity index (χ2v) is 8.49. The Hall–Kier alpha value is -4.59. The zero-order chi connectivity index (χ0) is 25.2. The number of rotatable bonds is 6. The third-order valence-corrected chi connectivity index (χ3v) is 5.97. The van der Waals surface area contributed by atoms with Gasteiger partial charge in [0.2, 0.25) is 11.3 Å². The maximum absolute atomic E-state index is 13.5. The first-order valence-electron chi connectivity index (χ1n) is 11.4. The van der Waals surface area contributed by atoms with E-state index in [-0.39, 0.29) is 23.4 Å². The summed E-state index contributed by atoms with van der Waals surface area (Å²) in [4.78, 5) is 39.8. The van der Waals surface area contributed by atoms with Crippen molar-refractivity contribution in [2.75, 3.05) is 25.6 Å². The molecule has 0 fully saturated rings. The Morgan fingerprint density at radius 2 is 1.72 bits per heavy atom. The molecule has 0 aliphatic carbocycles. The summed E-state index contributed by atoms with van der Waals surface area (Å²) in [7, 11) is 1.55. The summed E-state index contributed by atoms with van der Waals surface area (Å²) in [6.45, 7) is 2.52. The average Bonchev–Trinajstić information content (AvgIpc) is 2.89. The molecule has 1 N–H and O–H groups in total. The van der Waals surface area contributed by atoms with Crippen LogP contribution < -0.4 is 25.0 Å². The number of hydrogen-bond donors (Lipinski definition) is 1. The van der Waals surface area contributed by atoms with Gasteiger partial charge < -0.3 is 24.1 Å². The minimum absolute atomic E-state index is 0.0304. The minimum Gasteiger partial charge on any atom is -0.497 e. The molecule has 2 heterocycles. The number of nitrogens with zero attached hydrogens (tertiary/aromatic N) is 1. The number of methoxy groups -OCH3 is 1. The van der Waals surface area contributed by atoms with E-state index in [4.69, 9.17) is 14.2 Å². The quantitative estimate of drug-likeness (QED) is 0.416. The van der Waals surface area contributed by atoms with E-state index in [0.717, 1.165) is 5.56 Å². The average molecular weight is 485 g/mol. The Labute approximate surface area is 207 Å². The van der Waals surface area contributed by atoms with Crippen LogP contribution in [0.2, 0.25) is 0 Å². The van der Waals surface area contributed by atoms with Crippen LogP contribution in [0.15, 0.2) is 71.7 Å². The van der Waals surface area contributed by atoms with Gasteiger partial charge in [-0.25, -0.2) is 0 Å². The molecule has 5 rings (SSSR count). The second-order valence-electron chi connectivity index (χ2n) is 8.49. The number of benzene rings is 3. The Morgan fingerprint density at radius 3 is 2.44 bits per heavy atom. The normalized spacial score (nSPS) is 12.3. The lowest BCUT2D eigenvalue weighted by molar-refractivity contribution is -0.116. The van der Waals surface area contributed by atoms with Crippen molar-refractivity contribution in [2.24, 2.45) is 0 Å². The summed E-state index contributed by atoms with van der Waals surface area (Å²) in [6, 6.07) is 17.2. The molecule has 4 aromatic rings. The maximum Gasteiger partial charge on any atom is 0.244 e. The van der Waals surface area contributed by atoms with Gasteiger partial charge in [-0.3, -0.25) is 14.4 Å². The van der Waals surface area contributed by atoms with Crippen LogP contribution in [0, 0.1) is 6.92 Å². The van der Waals surface area contributed by atoms with Crippen LogP contribution in [0.1, 0.15) is 21.5 Å². The van der Waals surface area contributed by atoms with Gasteiger partial charge in [0.25, 0.3) is 0 Å². The van der Waals surface area contributed by atoms with Gasteiger partial charge in [0, 0.05) is 29.6 Å². The van der Waals surface area contributed by atoms with E-state index in [1.807, 2.05) is 19.1 Å². The van der Waals surface area contributed by atoms with E-state index in [9.17, 15) is 14.4 Å². The standard InChI is InChI=1S/C28H24N2O6/c1-17-6-8-18(9-7-17)27(32)22-15-30(16-26(31)29-19-4-3-5-20(12-19)34-2)23-14-25-24(35-10-11-36-25)13-21(23)28(22)33/h3-9,12-15H,10-11,16H2,1-2H3,(H,29,31). The summed E-state index contributed by atoms with van der Waals surface area (Å²) < 4.78 is 18.2. The van der Waals surface area contributed by atoms with Gasteiger partial charge in [-0.15, -0.1) is 0 Å². The van der Waals surface area contributed by atoms with Crippen LogP contribution in [0.3, 0.4) is 0 Å². The lowest BCUT2D eigenvalue weighted by Gasteiger charge is -2.20. The van der Waals surface area contributed by atoms with Crippen molar-refractivity contribution >= 4 is 28.3 Å². The van der Waals surface area contributed by atoms with Crippen molar-refractivity contribution in [3.8, 4) is 17.2 Å². The Balaban J connectivity index is 1.58. The summed E-state index contributed by atoms with van der Waals surface area (Å²) in [5.74, 6) is 0.762. The highest BCUT2D eigenvalue weighted by molar-refractivity contribution is 6.10. The van der Waals surface area contributed by atoms with Crippen molar-refractivity contribution in [3.63, 3.8) is 0 Å². The number of carbonyl (C=O) groups excluding carboxylic acids is 2. The molecule has 0 saturated carbocycles. The van der Waals surface area contributed by atoms with E-state index >= 15 is 0 Å². The minimum atomic E-state index is -0.433. The molecule has 0 saturated heterocycles. The van der Waals surface area contributed by atoms with Gasteiger partial charge in [0.05, 0.1) is 23.6 Å². The molecule has 0 radical (unpaired) electrons. The molecule has 36 heavy (non-hydrogen) atoms. The highest BCUT2D eigenvalue weighted by atomic mass is 16.6. The smallest absolute Gasteiger partial charge is 0.244 e. The molecular formula is C28H24N2O6. The number of pyridine rings is 1. The van der Waals surface area contributed by atoms with Crippen molar-refractivity contribution < 1.29 is 23.8 Å². The molecule has 8 nitrogen and oxygen atoms in total. The number of fused-ring (bicyclic) bond motifs is 2. The predicted octanol–water partition coefficient (Wildman–Crippen LogP) is 3.96. The first-order valence-corrected chi connectivity index (χ1v) is 11.4. The van der Waals surface area contributed by atoms with Gasteiger partial charge in [0.1, 0.15) is 25.5 Å². The van der Waals surface area contributed by atoms with E-state index in [0.29, 0.717) is 47.2 Å². The number of ether oxygens (including phenoxy) is 3. The fourth-order valence-electron chi connectivity index (χ4n) is 4.14.